The molecule has 1 aromatic rings. The smallest absolute Gasteiger partial charge is 0.161 e. The molecule has 2 heterocycles. The van der Waals surface area contributed by atoms with Crippen LogP contribution in [0.4, 0.5) is 0 Å². The number of fused-ring (bicyclic) bond motifs is 1. The van der Waals surface area contributed by atoms with E-state index < -0.39 is 0 Å². The van der Waals surface area contributed by atoms with Crippen molar-refractivity contribution in [3.05, 3.63) is 23.8 Å². The first kappa shape index (κ1) is 13.7. The minimum absolute atomic E-state index is 0.633. The van der Waals surface area contributed by atoms with Gasteiger partial charge in [0.25, 0.3) is 0 Å². The highest BCUT2D eigenvalue weighted by molar-refractivity contribution is 5.44. The molecule has 20 heavy (non-hydrogen) atoms. The van der Waals surface area contributed by atoms with E-state index in [1.807, 2.05) is 0 Å². The standard InChI is InChI=1S/C17H25NO2/c1-12(2)15-11-18-7-6-14(15)13-4-5-16-17(10-13)20-9-3-8-19-16/h4-5,10,12,14-15,18H,3,6-9,11H2,1-2H3. The van der Waals surface area contributed by atoms with Crippen LogP contribution in [0.1, 0.15) is 38.2 Å². The Bertz CT molecular complexity index is 458. The summed E-state index contributed by atoms with van der Waals surface area (Å²) in [4.78, 5) is 0. The van der Waals surface area contributed by atoms with Crippen molar-refractivity contribution in [2.24, 2.45) is 11.8 Å². The molecule has 2 atom stereocenters. The van der Waals surface area contributed by atoms with Crippen molar-refractivity contribution in [1.29, 1.82) is 0 Å². The fraction of sp³-hybridized carbons (Fsp3) is 0.647. The normalized spacial score (nSPS) is 26.4. The molecular formula is C17H25NO2. The molecule has 0 aromatic heterocycles. The average Bonchev–Trinajstić information content (AvgIpc) is 2.71. The van der Waals surface area contributed by atoms with Crippen LogP contribution in [0.2, 0.25) is 0 Å². The van der Waals surface area contributed by atoms with Crippen LogP contribution in [0.25, 0.3) is 0 Å². The molecule has 0 bridgehead atoms. The molecule has 1 fully saturated rings. The Morgan fingerprint density at radius 2 is 1.95 bits per heavy atom. The summed E-state index contributed by atoms with van der Waals surface area (Å²) in [5.41, 5.74) is 1.41. The second-order valence-corrected chi connectivity index (χ2v) is 6.26. The summed E-state index contributed by atoms with van der Waals surface area (Å²) in [5, 5.41) is 3.53. The Morgan fingerprint density at radius 3 is 2.75 bits per heavy atom. The first-order valence-corrected chi connectivity index (χ1v) is 7.86. The van der Waals surface area contributed by atoms with Gasteiger partial charge in [0.15, 0.2) is 11.5 Å². The lowest BCUT2D eigenvalue weighted by Gasteiger charge is -2.35. The van der Waals surface area contributed by atoms with Crippen LogP contribution in [0.3, 0.4) is 0 Å². The molecule has 0 amide bonds. The van der Waals surface area contributed by atoms with Crippen molar-refractivity contribution in [3.8, 4) is 11.5 Å². The van der Waals surface area contributed by atoms with Gasteiger partial charge in [0.05, 0.1) is 13.2 Å². The third-order valence-corrected chi connectivity index (χ3v) is 4.59. The quantitative estimate of drug-likeness (QED) is 0.899. The summed E-state index contributed by atoms with van der Waals surface area (Å²) in [5.74, 6) is 3.87. The third kappa shape index (κ3) is 2.78. The second kappa shape index (κ2) is 6.04. The van der Waals surface area contributed by atoms with Crippen molar-refractivity contribution in [2.45, 2.75) is 32.6 Å². The van der Waals surface area contributed by atoms with Crippen molar-refractivity contribution >= 4 is 0 Å². The number of nitrogens with one attached hydrogen (secondary N) is 1. The van der Waals surface area contributed by atoms with E-state index in [-0.39, 0.29) is 0 Å². The van der Waals surface area contributed by atoms with Gasteiger partial charge in [-0.3, -0.25) is 0 Å². The minimum atomic E-state index is 0.633. The van der Waals surface area contributed by atoms with Gasteiger partial charge >= 0.3 is 0 Å². The number of rotatable bonds is 2. The molecule has 0 saturated carbocycles. The van der Waals surface area contributed by atoms with Gasteiger partial charge in [-0.25, -0.2) is 0 Å². The largest absolute Gasteiger partial charge is 0.490 e. The number of hydrogen-bond donors (Lipinski definition) is 1. The third-order valence-electron chi connectivity index (χ3n) is 4.59. The minimum Gasteiger partial charge on any atom is -0.490 e. The summed E-state index contributed by atoms with van der Waals surface area (Å²) in [7, 11) is 0. The van der Waals surface area contributed by atoms with Crippen LogP contribution in [-0.4, -0.2) is 26.3 Å². The molecule has 3 heteroatoms. The van der Waals surface area contributed by atoms with Crippen LogP contribution in [0, 0.1) is 11.8 Å². The van der Waals surface area contributed by atoms with Crippen LogP contribution in [-0.2, 0) is 0 Å². The maximum atomic E-state index is 5.84. The Hall–Kier alpha value is -1.22. The van der Waals surface area contributed by atoms with Gasteiger partial charge < -0.3 is 14.8 Å². The number of ether oxygens (including phenoxy) is 2. The zero-order valence-electron chi connectivity index (χ0n) is 12.5. The highest BCUT2D eigenvalue weighted by atomic mass is 16.5. The van der Waals surface area contributed by atoms with Crippen molar-refractivity contribution < 1.29 is 9.47 Å². The Labute approximate surface area is 121 Å². The second-order valence-electron chi connectivity index (χ2n) is 6.26. The van der Waals surface area contributed by atoms with Gasteiger partial charge in [-0.15, -0.1) is 0 Å². The van der Waals surface area contributed by atoms with Gasteiger partial charge in [0.2, 0.25) is 0 Å². The van der Waals surface area contributed by atoms with E-state index in [0.717, 1.165) is 44.2 Å². The predicted octanol–water partition coefficient (Wildman–Crippen LogP) is 3.20. The Kier molecular flexibility index (Phi) is 4.16. The average molecular weight is 275 g/mol. The van der Waals surface area contributed by atoms with E-state index in [4.69, 9.17) is 9.47 Å². The molecule has 0 radical (unpaired) electrons. The topological polar surface area (TPSA) is 30.5 Å². The molecule has 2 unspecified atom stereocenters. The first-order valence-electron chi connectivity index (χ1n) is 7.86. The lowest BCUT2D eigenvalue weighted by atomic mass is 9.75. The van der Waals surface area contributed by atoms with Gasteiger partial charge in [-0.1, -0.05) is 19.9 Å². The Balaban J connectivity index is 1.87. The molecule has 110 valence electrons. The molecule has 1 saturated heterocycles. The molecule has 3 nitrogen and oxygen atoms in total. The van der Waals surface area contributed by atoms with Crippen LogP contribution in [0.5, 0.6) is 11.5 Å². The molecule has 0 spiro atoms. The van der Waals surface area contributed by atoms with Gasteiger partial charge in [0, 0.05) is 6.42 Å². The Morgan fingerprint density at radius 1 is 1.15 bits per heavy atom. The molecule has 0 aliphatic carbocycles. The molecular weight excluding hydrogens is 250 g/mol. The summed E-state index contributed by atoms with van der Waals surface area (Å²) < 4.78 is 11.6. The fourth-order valence-electron chi connectivity index (χ4n) is 3.41. The van der Waals surface area contributed by atoms with E-state index in [1.54, 1.807) is 0 Å². The lowest BCUT2D eigenvalue weighted by molar-refractivity contribution is 0.254. The van der Waals surface area contributed by atoms with Gasteiger partial charge in [0.1, 0.15) is 0 Å². The monoisotopic (exact) mass is 275 g/mol. The van der Waals surface area contributed by atoms with Gasteiger partial charge in [-0.2, -0.15) is 0 Å². The number of hydrogen-bond acceptors (Lipinski definition) is 3. The zero-order chi connectivity index (χ0) is 13.9. The fourth-order valence-corrected chi connectivity index (χ4v) is 3.41. The highest BCUT2D eigenvalue weighted by Gasteiger charge is 2.29. The maximum absolute atomic E-state index is 5.84. The summed E-state index contributed by atoms with van der Waals surface area (Å²) in [6.07, 6.45) is 2.18. The van der Waals surface area contributed by atoms with E-state index in [1.165, 1.54) is 12.0 Å². The SMILES string of the molecule is CC(C)C1CNCCC1c1ccc2c(c1)OCCCO2. The summed E-state index contributed by atoms with van der Waals surface area (Å²) in [6.45, 7) is 8.41. The first-order chi connectivity index (χ1) is 9.75. The van der Waals surface area contributed by atoms with E-state index in [9.17, 15) is 0 Å². The summed E-state index contributed by atoms with van der Waals surface area (Å²) in [6, 6.07) is 6.54. The molecule has 1 aromatic carbocycles. The number of piperidine rings is 1. The zero-order valence-corrected chi connectivity index (χ0v) is 12.5. The van der Waals surface area contributed by atoms with E-state index in [2.05, 4.69) is 37.4 Å². The van der Waals surface area contributed by atoms with Crippen molar-refractivity contribution in [1.82, 2.24) is 5.32 Å². The predicted molar refractivity (Wildman–Crippen MR) is 80.6 cm³/mol. The van der Waals surface area contributed by atoms with E-state index in [0.29, 0.717) is 17.8 Å². The van der Waals surface area contributed by atoms with Crippen molar-refractivity contribution in [3.63, 3.8) is 0 Å². The van der Waals surface area contributed by atoms with Crippen LogP contribution >= 0.6 is 0 Å². The van der Waals surface area contributed by atoms with Crippen molar-refractivity contribution in [2.75, 3.05) is 26.3 Å². The van der Waals surface area contributed by atoms with Crippen LogP contribution in [0.15, 0.2) is 18.2 Å². The molecule has 2 aliphatic rings. The number of benzene rings is 1. The molecule has 1 N–H and O–H groups in total. The lowest BCUT2D eigenvalue weighted by Crippen LogP contribution is -2.38. The summed E-state index contributed by atoms with van der Waals surface area (Å²) >= 11 is 0. The highest BCUT2D eigenvalue weighted by Crippen LogP contribution is 2.39. The molecule has 2 aliphatic heterocycles. The van der Waals surface area contributed by atoms with E-state index >= 15 is 0 Å². The molecule has 3 rings (SSSR count). The van der Waals surface area contributed by atoms with Gasteiger partial charge in [-0.05, 0) is 55.0 Å². The van der Waals surface area contributed by atoms with Crippen LogP contribution < -0.4 is 14.8 Å². The maximum Gasteiger partial charge on any atom is 0.161 e.